The molecule has 0 amide bonds. The van der Waals surface area contributed by atoms with Crippen molar-refractivity contribution < 1.29 is 4.74 Å². The SMILES string of the molecule is Nc1cc(CCCOc2ccc(Br)cc2)ccn1. The number of ether oxygens (including phenoxy) is 1. The first-order valence-corrected chi connectivity index (χ1v) is 6.62. The number of nitrogens with zero attached hydrogens (tertiary/aromatic N) is 1. The third-order valence-electron chi connectivity index (χ3n) is 2.54. The summed E-state index contributed by atoms with van der Waals surface area (Å²) < 4.78 is 6.70. The van der Waals surface area contributed by atoms with E-state index in [1.54, 1.807) is 6.20 Å². The van der Waals surface area contributed by atoms with Gasteiger partial charge in [0.2, 0.25) is 0 Å². The maximum Gasteiger partial charge on any atom is 0.123 e. The van der Waals surface area contributed by atoms with Crippen molar-refractivity contribution in [1.82, 2.24) is 4.98 Å². The molecule has 0 unspecified atom stereocenters. The Morgan fingerprint density at radius 3 is 2.67 bits per heavy atom. The number of pyridine rings is 1. The number of hydrogen-bond acceptors (Lipinski definition) is 3. The minimum Gasteiger partial charge on any atom is -0.494 e. The summed E-state index contributed by atoms with van der Waals surface area (Å²) in [7, 11) is 0. The van der Waals surface area contributed by atoms with Gasteiger partial charge in [-0.15, -0.1) is 0 Å². The van der Waals surface area contributed by atoms with Crippen molar-refractivity contribution in [3.63, 3.8) is 0 Å². The van der Waals surface area contributed by atoms with E-state index in [9.17, 15) is 0 Å². The van der Waals surface area contributed by atoms with Crippen molar-refractivity contribution in [2.45, 2.75) is 12.8 Å². The molecule has 2 N–H and O–H groups in total. The molecule has 2 rings (SSSR count). The molecule has 0 fully saturated rings. The minimum atomic E-state index is 0.571. The Bertz CT molecular complexity index is 499. The molecule has 0 aliphatic carbocycles. The molecule has 1 heterocycles. The van der Waals surface area contributed by atoms with E-state index in [0.717, 1.165) is 23.1 Å². The van der Waals surface area contributed by atoms with Crippen molar-refractivity contribution >= 4 is 21.7 Å². The number of halogens is 1. The first-order chi connectivity index (χ1) is 8.74. The summed E-state index contributed by atoms with van der Waals surface area (Å²) >= 11 is 3.39. The molecule has 0 aliphatic rings. The Kier molecular flexibility index (Phi) is 4.59. The first kappa shape index (κ1) is 12.9. The molecule has 4 heteroatoms. The highest BCUT2D eigenvalue weighted by atomic mass is 79.9. The highest BCUT2D eigenvalue weighted by molar-refractivity contribution is 9.10. The number of nitrogens with two attached hydrogens (primary N) is 1. The van der Waals surface area contributed by atoms with Crippen molar-refractivity contribution in [3.05, 3.63) is 52.6 Å². The van der Waals surface area contributed by atoms with Crippen LogP contribution >= 0.6 is 15.9 Å². The number of benzene rings is 1. The van der Waals surface area contributed by atoms with Gasteiger partial charge in [-0.2, -0.15) is 0 Å². The Labute approximate surface area is 115 Å². The van der Waals surface area contributed by atoms with Gasteiger partial charge < -0.3 is 10.5 Å². The largest absolute Gasteiger partial charge is 0.494 e. The van der Waals surface area contributed by atoms with Gasteiger partial charge in [-0.3, -0.25) is 0 Å². The summed E-state index contributed by atoms with van der Waals surface area (Å²) in [4.78, 5) is 3.97. The molecule has 1 aromatic heterocycles. The van der Waals surface area contributed by atoms with E-state index >= 15 is 0 Å². The zero-order valence-electron chi connectivity index (χ0n) is 9.97. The van der Waals surface area contributed by atoms with Gasteiger partial charge in [0.1, 0.15) is 11.6 Å². The number of nitrogen functional groups attached to an aromatic ring is 1. The number of rotatable bonds is 5. The fourth-order valence-corrected chi connectivity index (χ4v) is 1.91. The number of aromatic nitrogens is 1. The monoisotopic (exact) mass is 306 g/mol. The van der Waals surface area contributed by atoms with Crippen molar-refractivity contribution in [2.24, 2.45) is 0 Å². The second-order valence-corrected chi connectivity index (χ2v) is 4.91. The lowest BCUT2D eigenvalue weighted by molar-refractivity contribution is 0.311. The lowest BCUT2D eigenvalue weighted by Crippen LogP contribution is -2.00. The molecule has 3 nitrogen and oxygen atoms in total. The van der Waals surface area contributed by atoms with Gasteiger partial charge >= 0.3 is 0 Å². The van der Waals surface area contributed by atoms with E-state index in [1.165, 1.54) is 5.56 Å². The van der Waals surface area contributed by atoms with Crippen LogP contribution in [-0.4, -0.2) is 11.6 Å². The molecule has 0 atom stereocenters. The Balaban J connectivity index is 1.74. The van der Waals surface area contributed by atoms with Crippen LogP contribution in [0.25, 0.3) is 0 Å². The second-order valence-electron chi connectivity index (χ2n) is 3.99. The molecule has 0 bridgehead atoms. The van der Waals surface area contributed by atoms with Crippen molar-refractivity contribution in [2.75, 3.05) is 12.3 Å². The van der Waals surface area contributed by atoms with E-state index in [0.29, 0.717) is 12.4 Å². The van der Waals surface area contributed by atoms with E-state index in [-0.39, 0.29) is 0 Å². The van der Waals surface area contributed by atoms with Gasteiger partial charge in [-0.1, -0.05) is 15.9 Å². The highest BCUT2D eigenvalue weighted by Gasteiger charge is 1.97. The Hall–Kier alpha value is -1.55. The van der Waals surface area contributed by atoms with Crippen LogP contribution in [0.15, 0.2) is 47.1 Å². The van der Waals surface area contributed by atoms with Gasteiger partial charge in [-0.25, -0.2) is 4.98 Å². The molecule has 0 radical (unpaired) electrons. The Morgan fingerprint density at radius 1 is 1.17 bits per heavy atom. The Morgan fingerprint density at radius 2 is 1.94 bits per heavy atom. The van der Waals surface area contributed by atoms with Crippen LogP contribution in [-0.2, 0) is 6.42 Å². The molecule has 2 aromatic rings. The van der Waals surface area contributed by atoms with Gasteiger partial charge in [0.25, 0.3) is 0 Å². The number of anilines is 1. The van der Waals surface area contributed by atoms with Crippen LogP contribution in [0.1, 0.15) is 12.0 Å². The predicted octanol–water partition coefficient (Wildman–Crippen LogP) is 3.44. The molecular formula is C14H15BrN2O. The zero-order chi connectivity index (χ0) is 12.8. The van der Waals surface area contributed by atoms with Crippen LogP contribution in [0, 0.1) is 0 Å². The van der Waals surface area contributed by atoms with E-state index in [4.69, 9.17) is 10.5 Å². The molecule has 1 aromatic carbocycles. The maximum atomic E-state index is 5.65. The molecule has 0 saturated heterocycles. The van der Waals surface area contributed by atoms with Gasteiger partial charge in [0, 0.05) is 10.7 Å². The standard InChI is InChI=1S/C14H15BrN2O/c15-12-3-5-13(6-4-12)18-9-1-2-11-7-8-17-14(16)10-11/h3-8,10H,1-2,9H2,(H2,16,17). The first-order valence-electron chi connectivity index (χ1n) is 5.83. The van der Waals surface area contributed by atoms with Crippen LogP contribution in [0.2, 0.25) is 0 Å². The van der Waals surface area contributed by atoms with E-state index in [2.05, 4.69) is 20.9 Å². The third kappa shape index (κ3) is 4.04. The van der Waals surface area contributed by atoms with Crippen molar-refractivity contribution in [3.8, 4) is 5.75 Å². The molecular weight excluding hydrogens is 292 g/mol. The average Bonchev–Trinajstić information content (AvgIpc) is 2.37. The number of hydrogen-bond donors (Lipinski definition) is 1. The van der Waals surface area contributed by atoms with E-state index < -0.39 is 0 Å². The van der Waals surface area contributed by atoms with Gasteiger partial charge in [0.05, 0.1) is 6.61 Å². The van der Waals surface area contributed by atoms with Crippen LogP contribution in [0.4, 0.5) is 5.82 Å². The summed E-state index contributed by atoms with van der Waals surface area (Å²) in [5, 5.41) is 0. The van der Waals surface area contributed by atoms with E-state index in [1.807, 2.05) is 36.4 Å². The molecule has 94 valence electrons. The van der Waals surface area contributed by atoms with Crippen molar-refractivity contribution in [1.29, 1.82) is 0 Å². The lowest BCUT2D eigenvalue weighted by Gasteiger charge is -2.06. The molecule has 18 heavy (non-hydrogen) atoms. The minimum absolute atomic E-state index is 0.571. The molecule has 0 saturated carbocycles. The summed E-state index contributed by atoms with van der Waals surface area (Å²) in [6.07, 6.45) is 3.64. The number of aryl methyl sites for hydroxylation is 1. The molecule has 0 aliphatic heterocycles. The van der Waals surface area contributed by atoms with Gasteiger partial charge in [-0.05, 0) is 54.8 Å². The predicted molar refractivity (Wildman–Crippen MR) is 76.6 cm³/mol. The second kappa shape index (κ2) is 6.40. The quantitative estimate of drug-likeness (QED) is 0.861. The summed E-state index contributed by atoms with van der Waals surface area (Å²) in [5.41, 5.74) is 6.82. The summed E-state index contributed by atoms with van der Waals surface area (Å²) in [5.74, 6) is 1.47. The summed E-state index contributed by atoms with van der Waals surface area (Å²) in [6.45, 7) is 0.698. The fourth-order valence-electron chi connectivity index (χ4n) is 1.65. The third-order valence-corrected chi connectivity index (χ3v) is 3.07. The van der Waals surface area contributed by atoms with Crippen LogP contribution in [0.5, 0.6) is 5.75 Å². The average molecular weight is 307 g/mol. The normalized spacial score (nSPS) is 10.3. The maximum absolute atomic E-state index is 5.65. The van der Waals surface area contributed by atoms with Crippen LogP contribution in [0.3, 0.4) is 0 Å². The highest BCUT2D eigenvalue weighted by Crippen LogP contribution is 2.16. The summed E-state index contributed by atoms with van der Waals surface area (Å²) in [6, 6.07) is 11.7. The lowest BCUT2D eigenvalue weighted by atomic mass is 10.1. The smallest absolute Gasteiger partial charge is 0.123 e. The topological polar surface area (TPSA) is 48.1 Å². The van der Waals surface area contributed by atoms with Crippen LogP contribution < -0.4 is 10.5 Å². The fraction of sp³-hybridized carbons (Fsp3) is 0.214. The molecule has 0 spiro atoms. The zero-order valence-corrected chi connectivity index (χ0v) is 11.6. The van der Waals surface area contributed by atoms with Gasteiger partial charge in [0.15, 0.2) is 0 Å².